The lowest BCUT2D eigenvalue weighted by molar-refractivity contribution is -0.490. The van der Waals surface area contributed by atoms with Crippen LogP contribution in [0.15, 0.2) is 0 Å². The van der Waals surface area contributed by atoms with Crippen molar-refractivity contribution >= 4 is 0 Å². The number of hydrogen-bond donors (Lipinski definition) is 0. The molecule has 0 aromatic heterocycles. The molecular weight excluding hydrogens is 160 g/mol. The van der Waals surface area contributed by atoms with Gasteiger partial charge in [-0.15, -0.1) is 0 Å². The van der Waals surface area contributed by atoms with Crippen LogP contribution in [0.2, 0.25) is 0 Å². The Balaban J connectivity index is 4.06. The number of hydrogen-bond acceptors (Lipinski definition) is 4. The quantitative estimate of drug-likeness (QED) is 0.551. The molecule has 0 unspecified atom stereocenters. The van der Waals surface area contributed by atoms with Gasteiger partial charge < -0.3 is 18.9 Å². The molecule has 0 amide bonds. The minimum absolute atomic E-state index is 0.480. The van der Waals surface area contributed by atoms with Crippen LogP contribution in [-0.4, -0.2) is 33.1 Å². The largest absolute Gasteiger partial charge is 0.412 e. The van der Waals surface area contributed by atoms with Crippen molar-refractivity contribution in [1.29, 1.82) is 0 Å². The van der Waals surface area contributed by atoms with Crippen molar-refractivity contribution in [2.24, 2.45) is 0 Å². The monoisotopic (exact) mass is 178 g/mol. The normalized spacial score (nSPS) is 12.0. The topological polar surface area (TPSA) is 36.9 Å². The zero-order valence-electron chi connectivity index (χ0n) is 8.25. The summed E-state index contributed by atoms with van der Waals surface area (Å²) in [6.45, 7) is 7.00. The van der Waals surface area contributed by atoms with Gasteiger partial charge >= 0.3 is 6.16 Å². The summed E-state index contributed by atoms with van der Waals surface area (Å²) in [4.78, 5) is 0. The molecule has 0 aliphatic heterocycles. The lowest BCUT2D eigenvalue weighted by Crippen LogP contribution is -2.41. The van der Waals surface area contributed by atoms with Crippen molar-refractivity contribution in [1.82, 2.24) is 0 Å². The number of ether oxygens (including phenoxy) is 4. The standard InChI is InChI=1S/C8H18O4/c1-5-10-8(9-4,11-6-2)12-7-3/h5-7H2,1-4H3. The van der Waals surface area contributed by atoms with Crippen molar-refractivity contribution in [2.75, 3.05) is 26.9 Å². The van der Waals surface area contributed by atoms with E-state index in [9.17, 15) is 0 Å². The second-order valence-electron chi connectivity index (χ2n) is 2.00. The lowest BCUT2D eigenvalue weighted by atomic mass is 10.8. The summed E-state index contributed by atoms with van der Waals surface area (Å²) < 4.78 is 20.6. The first-order chi connectivity index (χ1) is 5.74. The zero-order chi connectivity index (χ0) is 9.45. The maximum Gasteiger partial charge on any atom is 0.412 e. The Labute approximate surface area is 73.7 Å². The van der Waals surface area contributed by atoms with Gasteiger partial charge in [-0.05, 0) is 20.8 Å². The third-order valence-corrected chi connectivity index (χ3v) is 1.21. The molecule has 0 saturated heterocycles. The molecule has 4 nitrogen and oxygen atoms in total. The van der Waals surface area contributed by atoms with Crippen LogP contribution in [0.5, 0.6) is 0 Å². The van der Waals surface area contributed by atoms with Crippen LogP contribution in [0.25, 0.3) is 0 Å². The molecule has 0 aliphatic carbocycles. The highest BCUT2D eigenvalue weighted by molar-refractivity contribution is 4.38. The van der Waals surface area contributed by atoms with Gasteiger partial charge in [-0.3, -0.25) is 0 Å². The molecule has 0 aliphatic rings. The first-order valence-corrected chi connectivity index (χ1v) is 4.21. The predicted octanol–water partition coefficient (Wildman–Crippen LogP) is 1.35. The van der Waals surface area contributed by atoms with E-state index in [2.05, 4.69) is 0 Å². The molecule has 12 heavy (non-hydrogen) atoms. The van der Waals surface area contributed by atoms with Crippen LogP contribution < -0.4 is 0 Å². The van der Waals surface area contributed by atoms with Gasteiger partial charge in [0.2, 0.25) is 0 Å². The Morgan fingerprint density at radius 3 is 1.33 bits per heavy atom. The lowest BCUT2D eigenvalue weighted by Gasteiger charge is -2.29. The van der Waals surface area contributed by atoms with E-state index in [4.69, 9.17) is 18.9 Å². The van der Waals surface area contributed by atoms with E-state index in [1.807, 2.05) is 20.8 Å². The minimum atomic E-state index is -1.31. The van der Waals surface area contributed by atoms with Crippen LogP contribution in [-0.2, 0) is 18.9 Å². The Bertz CT molecular complexity index is 88.2. The van der Waals surface area contributed by atoms with Gasteiger partial charge in [-0.2, -0.15) is 0 Å². The Kier molecular flexibility index (Phi) is 6.28. The third-order valence-electron chi connectivity index (χ3n) is 1.21. The molecular formula is C8H18O4. The summed E-state index contributed by atoms with van der Waals surface area (Å²) in [6.07, 6.45) is -1.31. The van der Waals surface area contributed by atoms with E-state index in [1.54, 1.807) is 0 Å². The summed E-state index contributed by atoms with van der Waals surface area (Å²) >= 11 is 0. The second kappa shape index (κ2) is 6.37. The number of rotatable bonds is 7. The van der Waals surface area contributed by atoms with Gasteiger partial charge in [0.05, 0.1) is 19.8 Å². The summed E-state index contributed by atoms with van der Waals surface area (Å²) in [5.74, 6) is 0. The fraction of sp³-hybridized carbons (Fsp3) is 1.00. The summed E-state index contributed by atoms with van der Waals surface area (Å²) in [6, 6.07) is 0. The highest BCUT2D eigenvalue weighted by Crippen LogP contribution is 2.15. The highest BCUT2D eigenvalue weighted by atomic mass is 17.0. The van der Waals surface area contributed by atoms with Crippen LogP contribution in [0, 0.1) is 0 Å². The molecule has 0 N–H and O–H groups in total. The first kappa shape index (κ1) is 11.8. The average Bonchev–Trinajstić information content (AvgIpc) is 2.06. The van der Waals surface area contributed by atoms with Crippen LogP contribution in [0.4, 0.5) is 0 Å². The van der Waals surface area contributed by atoms with Crippen molar-refractivity contribution < 1.29 is 18.9 Å². The summed E-state index contributed by atoms with van der Waals surface area (Å²) in [5.41, 5.74) is 0. The molecule has 0 rings (SSSR count). The SMILES string of the molecule is CCOC(OC)(OCC)OCC. The van der Waals surface area contributed by atoms with Crippen molar-refractivity contribution in [3.05, 3.63) is 0 Å². The molecule has 0 fully saturated rings. The second-order valence-corrected chi connectivity index (χ2v) is 2.00. The van der Waals surface area contributed by atoms with Gasteiger partial charge in [0.15, 0.2) is 0 Å². The summed E-state index contributed by atoms with van der Waals surface area (Å²) in [7, 11) is 1.49. The van der Waals surface area contributed by atoms with Crippen LogP contribution in [0.3, 0.4) is 0 Å². The van der Waals surface area contributed by atoms with E-state index in [1.165, 1.54) is 7.11 Å². The van der Waals surface area contributed by atoms with E-state index in [0.717, 1.165) is 0 Å². The van der Waals surface area contributed by atoms with Gasteiger partial charge in [0.1, 0.15) is 0 Å². The number of methoxy groups -OCH3 is 1. The fourth-order valence-electron chi connectivity index (χ4n) is 0.832. The van der Waals surface area contributed by atoms with E-state index in [-0.39, 0.29) is 0 Å². The Hall–Kier alpha value is -0.160. The molecule has 4 heteroatoms. The predicted molar refractivity (Wildman–Crippen MR) is 44.6 cm³/mol. The smallest absolute Gasteiger partial charge is 0.307 e. The van der Waals surface area contributed by atoms with Crippen molar-refractivity contribution in [3.8, 4) is 0 Å². The molecule has 74 valence electrons. The van der Waals surface area contributed by atoms with Gasteiger partial charge in [0, 0.05) is 7.11 Å². The molecule has 0 spiro atoms. The molecule has 0 aromatic rings. The first-order valence-electron chi connectivity index (χ1n) is 4.21. The third kappa shape index (κ3) is 3.49. The Morgan fingerprint density at radius 2 is 1.17 bits per heavy atom. The molecule has 0 saturated carbocycles. The molecule has 0 aromatic carbocycles. The van der Waals surface area contributed by atoms with Gasteiger partial charge in [0.25, 0.3) is 0 Å². The maximum absolute atomic E-state index is 5.19. The van der Waals surface area contributed by atoms with Crippen molar-refractivity contribution in [2.45, 2.75) is 26.9 Å². The van der Waals surface area contributed by atoms with E-state index in [0.29, 0.717) is 19.8 Å². The highest BCUT2D eigenvalue weighted by Gasteiger charge is 2.32. The molecule has 0 bridgehead atoms. The van der Waals surface area contributed by atoms with Crippen LogP contribution >= 0.6 is 0 Å². The Morgan fingerprint density at radius 1 is 0.833 bits per heavy atom. The van der Waals surface area contributed by atoms with E-state index < -0.39 is 6.16 Å². The van der Waals surface area contributed by atoms with E-state index >= 15 is 0 Å². The van der Waals surface area contributed by atoms with Gasteiger partial charge in [-0.1, -0.05) is 0 Å². The van der Waals surface area contributed by atoms with Crippen molar-refractivity contribution in [3.63, 3.8) is 0 Å². The molecule has 0 radical (unpaired) electrons. The minimum Gasteiger partial charge on any atom is -0.307 e. The van der Waals surface area contributed by atoms with Crippen LogP contribution in [0.1, 0.15) is 20.8 Å². The molecule has 0 heterocycles. The fourth-order valence-corrected chi connectivity index (χ4v) is 0.832. The summed E-state index contributed by atoms with van der Waals surface area (Å²) in [5, 5.41) is 0. The zero-order valence-corrected chi connectivity index (χ0v) is 8.25. The maximum atomic E-state index is 5.19. The average molecular weight is 178 g/mol. The van der Waals surface area contributed by atoms with Gasteiger partial charge in [-0.25, -0.2) is 0 Å². The molecule has 0 atom stereocenters.